The Bertz CT molecular complexity index is 342. The van der Waals surface area contributed by atoms with E-state index in [1.54, 1.807) is 0 Å². The van der Waals surface area contributed by atoms with Crippen LogP contribution in [-0.4, -0.2) is 40.7 Å². The van der Waals surface area contributed by atoms with E-state index in [-0.39, 0.29) is 12.4 Å². The molecule has 2 rings (SSSR count). The molecule has 0 aliphatic carbocycles. The van der Waals surface area contributed by atoms with E-state index in [0.29, 0.717) is 12.0 Å². The van der Waals surface area contributed by atoms with Gasteiger partial charge in [-0.25, -0.2) is 0 Å². The van der Waals surface area contributed by atoms with Crippen LogP contribution >= 0.6 is 12.4 Å². The van der Waals surface area contributed by atoms with Crippen LogP contribution < -0.4 is 5.32 Å². The molecule has 0 spiro atoms. The first-order valence-corrected chi connectivity index (χ1v) is 5.94. The first kappa shape index (κ1) is 14.4. The Morgan fingerprint density at radius 2 is 2.29 bits per heavy atom. The normalized spacial score (nSPS) is 21.5. The summed E-state index contributed by atoms with van der Waals surface area (Å²) in [6.45, 7) is 10.2. The standard InChI is InChI=1S/C11H20N4O.ClH/c1-8(2)11-13-10(16-14-11)7-15-5-4-12-6-9(15)3;/h8-9,12H,4-7H2,1-3H3;1H/t9-;/m1./s1. The van der Waals surface area contributed by atoms with Crippen LogP contribution in [0.25, 0.3) is 0 Å². The lowest BCUT2D eigenvalue weighted by Gasteiger charge is -2.32. The molecule has 17 heavy (non-hydrogen) atoms. The summed E-state index contributed by atoms with van der Waals surface area (Å²) in [5, 5.41) is 7.34. The van der Waals surface area contributed by atoms with Crippen LogP contribution in [0.1, 0.15) is 38.4 Å². The van der Waals surface area contributed by atoms with Crippen molar-refractivity contribution >= 4 is 12.4 Å². The van der Waals surface area contributed by atoms with Gasteiger partial charge in [-0.05, 0) is 6.92 Å². The predicted molar refractivity (Wildman–Crippen MR) is 68.4 cm³/mol. The Morgan fingerprint density at radius 3 is 2.88 bits per heavy atom. The van der Waals surface area contributed by atoms with Crippen molar-refractivity contribution in [3.8, 4) is 0 Å². The van der Waals surface area contributed by atoms with Crippen molar-refractivity contribution in [3.63, 3.8) is 0 Å². The summed E-state index contributed by atoms with van der Waals surface area (Å²) in [6.07, 6.45) is 0. The highest BCUT2D eigenvalue weighted by Gasteiger charge is 2.20. The molecule has 1 aromatic heterocycles. The highest BCUT2D eigenvalue weighted by atomic mass is 35.5. The fraction of sp³-hybridized carbons (Fsp3) is 0.818. The summed E-state index contributed by atoms with van der Waals surface area (Å²) in [7, 11) is 0. The van der Waals surface area contributed by atoms with Gasteiger partial charge in [-0.2, -0.15) is 4.98 Å². The van der Waals surface area contributed by atoms with Gasteiger partial charge in [0.25, 0.3) is 0 Å². The number of nitrogens with zero attached hydrogens (tertiary/aromatic N) is 3. The third-order valence-corrected chi connectivity index (χ3v) is 2.98. The zero-order chi connectivity index (χ0) is 11.5. The number of rotatable bonds is 3. The molecule has 1 N–H and O–H groups in total. The first-order chi connectivity index (χ1) is 7.66. The predicted octanol–water partition coefficient (Wildman–Crippen LogP) is 1.41. The minimum Gasteiger partial charge on any atom is -0.338 e. The van der Waals surface area contributed by atoms with E-state index in [1.807, 2.05) is 0 Å². The minimum absolute atomic E-state index is 0. The topological polar surface area (TPSA) is 54.2 Å². The average molecular weight is 261 g/mol. The lowest BCUT2D eigenvalue weighted by Crippen LogP contribution is -2.49. The van der Waals surface area contributed by atoms with Gasteiger partial charge in [0.15, 0.2) is 5.82 Å². The summed E-state index contributed by atoms with van der Waals surface area (Å²) >= 11 is 0. The van der Waals surface area contributed by atoms with Gasteiger partial charge >= 0.3 is 0 Å². The number of hydrogen-bond donors (Lipinski definition) is 1. The quantitative estimate of drug-likeness (QED) is 0.891. The minimum atomic E-state index is 0. The van der Waals surface area contributed by atoms with Crippen LogP contribution in [0.4, 0.5) is 0 Å². The van der Waals surface area contributed by atoms with Crippen molar-refractivity contribution in [2.45, 2.75) is 39.3 Å². The molecule has 2 heterocycles. The maximum absolute atomic E-state index is 5.25. The maximum atomic E-state index is 5.25. The van der Waals surface area contributed by atoms with E-state index in [1.165, 1.54) is 0 Å². The number of aromatic nitrogens is 2. The van der Waals surface area contributed by atoms with Crippen LogP contribution in [0.15, 0.2) is 4.52 Å². The molecular weight excluding hydrogens is 240 g/mol. The zero-order valence-corrected chi connectivity index (χ0v) is 11.5. The van der Waals surface area contributed by atoms with Gasteiger partial charge < -0.3 is 9.84 Å². The summed E-state index contributed by atoms with van der Waals surface area (Å²) in [6, 6.07) is 0.531. The molecule has 0 saturated carbocycles. The molecule has 98 valence electrons. The Kier molecular flexibility index (Phi) is 5.36. The van der Waals surface area contributed by atoms with Crippen LogP contribution in [0.3, 0.4) is 0 Å². The van der Waals surface area contributed by atoms with Gasteiger partial charge in [0.2, 0.25) is 5.89 Å². The zero-order valence-electron chi connectivity index (χ0n) is 10.6. The first-order valence-electron chi connectivity index (χ1n) is 5.94. The smallest absolute Gasteiger partial charge is 0.240 e. The molecule has 1 atom stereocenters. The maximum Gasteiger partial charge on any atom is 0.240 e. The van der Waals surface area contributed by atoms with Crippen LogP contribution in [0, 0.1) is 0 Å². The third-order valence-electron chi connectivity index (χ3n) is 2.98. The van der Waals surface area contributed by atoms with Crippen molar-refractivity contribution in [1.82, 2.24) is 20.4 Å². The Hall–Kier alpha value is -0.650. The fourth-order valence-electron chi connectivity index (χ4n) is 1.86. The van der Waals surface area contributed by atoms with Crippen molar-refractivity contribution < 1.29 is 4.52 Å². The molecule has 1 aromatic rings. The second kappa shape index (κ2) is 6.33. The van der Waals surface area contributed by atoms with Crippen LogP contribution in [-0.2, 0) is 6.54 Å². The second-order valence-electron chi connectivity index (χ2n) is 4.72. The molecular formula is C11H21ClN4O. The molecule has 0 bridgehead atoms. The lowest BCUT2D eigenvalue weighted by atomic mass is 10.2. The second-order valence-corrected chi connectivity index (χ2v) is 4.72. The molecule has 5 nitrogen and oxygen atoms in total. The van der Waals surface area contributed by atoms with E-state index in [2.05, 4.69) is 41.1 Å². The lowest BCUT2D eigenvalue weighted by molar-refractivity contribution is 0.146. The van der Waals surface area contributed by atoms with Crippen LogP contribution in [0.5, 0.6) is 0 Å². The number of hydrogen-bond acceptors (Lipinski definition) is 5. The fourth-order valence-corrected chi connectivity index (χ4v) is 1.86. The Labute approximate surface area is 108 Å². The van der Waals surface area contributed by atoms with E-state index >= 15 is 0 Å². The van der Waals surface area contributed by atoms with E-state index in [0.717, 1.165) is 37.9 Å². The summed E-state index contributed by atoms with van der Waals surface area (Å²) < 4.78 is 5.25. The number of piperazine rings is 1. The number of halogens is 1. The van der Waals surface area contributed by atoms with Gasteiger partial charge in [-0.15, -0.1) is 12.4 Å². The summed E-state index contributed by atoms with van der Waals surface area (Å²) in [5.41, 5.74) is 0. The van der Waals surface area contributed by atoms with Crippen molar-refractivity contribution in [2.75, 3.05) is 19.6 Å². The third kappa shape index (κ3) is 3.66. The number of nitrogens with one attached hydrogen (secondary N) is 1. The molecule has 0 amide bonds. The molecule has 1 aliphatic rings. The highest BCUT2D eigenvalue weighted by Crippen LogP contribution is 2.12. The SMILES string of the molecule is CC(C)c1noc(CN2CCNC[C@H]2C)n1.Cl. The summed E-state index contributed by atoms with van der Waals surface area (Å²) in [5.74, 6) is 1.87. The monoisotopic (exact) mass is 260 g/mol. The van der Waals surface area contributed by atoms with Gasteiger partial charge in [0.1, 0.15) is 0 Å². The average Bonchev–Trinajstić information content (AvgIpc) is 2.70. The van der Waals surface area contributed by atoms with E-state index in [4.69, 9.17) is 4.52 Å². The van der Waals surface area contributed by atoms with Crippen molar-refractivity contribution in [2.24, 2.45) is 0 Å². The Balaban J connectivity index is 0.00000144. The molecule has 0 aromatic carbocycles. The molecule has 1 aliphatic heterocycles. The largest absolute Gasteiger partial charge is 0.338 e. The van der Waals surface area contributed by atoms with Gasteiger partial charge in [-0.3, -0.25) is 4.90 Å². The van der Waals surface area contributed by atoms with Crippen molar-refractivity contribution in [1.29, 1.82) is 0 Å². The molecule has 1 saturated heterocycles. The Morgan fingerprint density at radius 1 is 1.53 bits per heavy atom. The summed E-state index contributed by atoms with van der Waals surface area (Å²) in [4.78, 5) is 6.77. The molecule has 0 radical (unpaired) electrons. The van der Waals surface area contributed by atoms with E-state index in [9.17, 15) is 0 Å². The van der Waals surface area contributed by atoms with Gasteiger partial charge in [0.05, 0.1) is 6.54 Å². The molecule has 6 heteroatoms. The van der Waals surface area contributed by atoms with Crippen molar-refractivity contribution in [3.05, 3.63) is 11.7 Å². The van der Waals surface area contributed by atoms with Gasteiger partial charge in [0, 0.05) is 31.6 Å². The molecule has 0 unspecified atom stereocenters. The van der Waals surface area contributed by atoms with Gasteiger partial charge in [-0.1, -0.05) is 19.0 Å². The van der Waals surface area contributed by atoms with Crippen LogP contribution in [0.2, 0.25) is 0 Å². The highest BCUT2D eigenvalue weighted by molar-refractivity contribution is 5.85. The van der Waals surface area contributed by atoms with E-state index < -0.39 is 0 Å². The molecule has 1 fully saturated rings.